The zero-order chi connectivity index (χ0) is 26.3. The molecule has 1 aliphatic rings. The first kappa shape index (κ1) is 27.9. The van der Waals surface area contributed by atoms with Crippen molar-refractivity contribution in [1.29, 1.82) is 5.26 Å². The number of nitrogen functional groups attached to an aromatic ring is 1. The maximum atomic E-state index is 13.6. The van der Waals surface area contributed by atoms with E-state index >= 15 is 0 Å². The number of nitrogens with zero attached hydrogens (tertiary/aromatic N) is 2. The normalized spacial score (nSPS) is 17.1. The fourth-order valence-corrected chi connectivity index (χ4v) is 3.96. The second-order valence-corrected chi connectivity index (χ2v) is 9.81. The second-order valence-electron chi connectivity index (χ2n) is 9.40. The van der Waals surface area contributed by atoms with Gasteiger partial charge in [-0.05, 0) is 43.4 Å². The van der Waals surface area contributed by atoms with Crippen molar-refractivity contribution >= 4 is 41.0 Å². The molecule has 0 aromatic heterocycles. The molecule has 0 spiro atoms. The highest BCUT2D eigenvalue weighted by Crippen LogP contribution is 2.27. The van der Waals surface area contributed by atoms with Crippen LogP contribution in [-0.4, -0.2) is 59.9 Å². The van der Waals surface area contributed by atoms with E-state index in [4.69, 9.17) is 22.1 Å². The number of anilines is 1. The summed E-state index contributed by atoms with van der Waals surface area (Å²) < 4.78 is 4.84. The SMILES string of the molecule is CCOC(=O)C[C@@H](C#N)NC(=O)[C@@H]1CCCN1C(=O)[C@@H](NC(=O)c1ccc(N)c(Cl)c1)C(C)(C)C. The highest BCUT2D eigenvalue weighted by atomic mass is 35.5. The summed E-state index contributed by atoms with van der Waals surface area (Å²) in [6.07, 6.45) is 0.687. The van der Waals surface area contributed by atoms with Gasteiger partial charge in [0.2, 0.25) is 11.8 Å². The Morgan fingerprint density at radius 2 is 1.97 bits per heavy atom. The molecule has 0 unspecified atom stereocenters. The Bertz CT molecular complexity index is 1020. The summed E-state index contributed by atoms with van der Waals surface area (Å²) in [4.78, 5) is 52.5. The molecule has 1 fully saturated rings. The molecule has 10 nitrogen and oxygen atoms in total. The summed E-state index contributed by atoms with van der Waals surface area (Å²) in [5.41, 5.74) is 5.62. The standard InChI is InChI=1S/C24H32ClN5O5/c1-5-35-19(31)12-15(13-26)28-22(33)18-7-6-10-30(18)23(34)20(24(2,3)4)29-21(32)14-8-9-17(27)16(25)11-14/h8-9,11,15,18,20H,5-7,10,12,27H2,1-4H3,(H,28,33)(H,29,32)/t15-,18-,20+/m0/s1. The van der Waals surface area contributed by atoms with Crippen LogP contribution in [0.15, 0.2) is 18.2 Å². The first-order chi connectivity index (χ1) is 16.4. The van der Waals surface area contributed by atoms with Crippen molar-refractivity contribution in [3.8, 4) is 6.07 Å². The molecule has 1 aliphatic heterocycles. The number of carbonyl (C=O) groups is 4. The van der Waals surface area contributed by atoms with E-state index in [9.17, 15) is 24.4 Å². The van der Waals surface area contributed by atoms with Crippen molar-refractivity contribution in [3.63, 3.8) is 0 Å². The zero-order valence-corrected chi connectivity index (χ0v) is 21.1. The first-order valence-electron chi connectivity index (χ1n) is 11.4. The molecule has 35 heavy (non-hydrogen) atoms. The number of hydrogen-bond donors (Lipinski definition) is 3. The largest absolute Gasteiger partial charge is 0.466 e. The molecule has 4 N–H and O–H groups in total. The highest BCUT2D eigenvalue weighted by Gasteiger charge is 2.42. The minimum Gasteiger partial charge on any atom is -0.466 e. The van der Waals surface area contributed by atoms with E-state index in [1.165, 1.54) is 23.1 Å². The van der Waals surface area contributed by atoms with Crippen LogP contribution in [0.1, 0.15) is 57.3 Å². The van der Waals surface area contributed by atoms with E-state index in [0.29, 0.717) is 25.1 Å². The number of rotatable bonds is 8. The van der Waals surface area contributed by atoms with E-state index in [1.807, 2.05) is 26.8 Å². The predicted octanol–water partition coefficient (Wildman–Crippen LogP) is 2.02. The summed E-state index contributed by atoms with van der Waals surface area (Å²) in [7, 11) is 0. The first-order valence-corrected chi connectivity index (χ1v) is 11.8. The average molecular weight is 506 g/mol. The average Bonchev–Trinajstić information content (AvgIpc) is 3.27. The van der Waals surface area contributed by atoms with Gasteiger partial charge in [0.25, 0.3) is 5.91 Å². The van der Waals surface area contributed by atoms with Gasteiger partial charge in [-0.3, -0.25) is 19.2 Å². The molecule has 1 aromatic rings. The van der Waals surface area contributed by atoms with Crippen molar-refractivity contribution in [2.24, 2.45) is 5.41 Å². The van der Waals surface area contributed by atoms with Gasteiger partial charge in [-0.1, -0.05) is 32.4 Å². The lowest BCUT2D eigenvalue weighted by Crippen LogP contribution is -2.58. The fraction of sp³-hybridized carbons (Fsp3) is 0.542. The molecule has 1 aromatic carbocycles. The third-order valence-corrected chi connectivity index (χ3v) is 5.97. The van der Waals surface area contributed by atoms with Gasteiger partial charge in [0, 0.05) is 12.1 Å². The number of amides is 3. The zero-order valence-electron chi connectivity index (χ0n) is 20.4. The molecule has 1 heterocycles. The third kappa shape index (κ3) is 7.33. The van der Waals surface area contributed by atoms with Crippen molar-refractivity contribution in [1.82, 2.24) is 15.5 Å². The van der Waals surface area contributed by atoms with Crippen molar-refractivity contribution in [2.75, 3.05) is 18.9 Å². The van der Waals surface area contributed by atoms with Crippen LogP contribution in [0.2, 0.25) is 5.02 Å². The Morgan fingerprint density at radius 1 is 1.29 bits per heavy atom. The van der Waals surface area contributed by atoms with Gasteiger partial charge in [-0.25, -0.2) is 0 Å². The number of likely N-dealkylation sites (tertiary alicyclic amines) is 1. The molecule has 190 valence electrons. The van der Waals surface area contributed by atoms with Crippen LogP contribution in [0.3, 0.4) is 0 Å². The number of carbonyl (C=O) groups excluding carboxylic acids is 4. The Morgan fingerprint density at radius 3 is 2.54 bits per heavy atom. The summed E-state index contributed by atoms with van der Waals surface area (Å²) in [6.45, 7) is 7.55. The third-order valence-electron chi connectivity index (χ3n) is 5.64. The fourth-order valence-electron chi connectivity index (χ4n) is 3.78. The number of nitriles is 1. The Kier molecular flexibility index (Phi) is 9.48. The van der Waals surface area contributed by atoms with E-state index in [0.717, 1.165) is 0 Å². The van der Waals surface area contributed by atoms with E-state index in [-0.39, 0.29) is 23.6 Å². The molecule has 11 heteroatoms. The lowest BCUT2D eigenvalue weighted by Gasteiger charge is -2.35. The Labute approximate surface area is 210 Å². The molecule has 0 saturated carbocycles. The Hall–Kier alpha value is -3.32. The summed E-state index contributed by atoms with van der Waals surface area (Å²) in [5.74, 6) is -2.05. The van der Waals surface area contributed by atoms with Crippen molar-refractivity contribution in [3.05, 3.63) is 28.8 Å². The van der Waals surface area contributed by atoms with Crippen LogP contribution in [0.4, 0.5) is 5.69 Å². The van der Waals surface area contributed by atoms with Crippen LogP contribution in [-0.2, 0) is 19.1 Å². The number of nitrogens with one attached hydrogen (secondary N) is 2. The van der Waals surface area contributed by atoms with Crippen LogP contribution in [0.25, 0.3) is 0 Å². The summed E-state index contributed by atoms with van der Waals surface area (Å²) >= 11 is 6.03. The van der Waals surface area contributed by atoms with Gasteiger partial charge in [-0.2, -0.15) is 5.26 Å². The number of nitrogens with two attached hydrogens (primary N) is 1. The quantitative estimate of drug-likeness (QED) is 0.360. The molecule has 0 bridgehead atoms. The van der Waals surface area contributed by atoms with E-state index < -0.39 is 47.2 Å². The molecule has 0 aliphatic carbocycles. The predicted molar refractivity (Wildman–Crippen MR) is 130 cm³/mol. The molecule has 2 rings (SSSR count). The number of hydrogen-bond acceptors (Lipinski definition) is 7. The molecular formula is C24H32ClN5O5. The molecule has 1 saturated heterocycles. The number of ether oxygens (including phenoxy) is 1. The van der Waals surface area contributed by atoms with Crippen molar-refractivity contribution in [2.45, 2.75) is 65.1 Å². The lowest BCUT2D eigenvalue weighted by molar-refractivity contribution is -0.144. The van der Waals surface area contributed by atoms with Crippen LogP contribution < -0.4 is 16.4 Å². The second kappa shape index (κ2) is 11.9. The number of benzene rings is 1. The number of halogens is 1. The topological polar surface area (TPSA) is 155 Å². The van der Waals surface area contributed by atoms with Gasteiger partial charge in [0.15, 0.2) is 0 Å². The maximum absolute atomic E-state index is 13.6. The molecule has 3 atom stereocenters. The summed E-state index contributed by atoms with van der Waals surface area (Å²) in [6, 6.07) is 3.48. The maximum Gasteiger partial charge on any atom is 0.308 e. The van der Waals surface area contributed by atoms with Crippen LogP contribution >= 0.6 is 11.6 Å². The van der Waals surface area contributed by atoms with Gasteiger partial charge in [-0.15, -0.1) is 0 Å². The van der Waals surface area contributed by atoms with E-state index in [1.54, 1.807) is 6.92 Å². The summed E-state index contributed by atoms with van der Waals surface area (Å²) in [5, 5.41) is 14.9. The van der Waals surface area contributed by atoms with Crippen LogP contribution in [0.5, 0.6) is 0 Å². The van der Waals surface area contributed by atoms with Crippen molar-refractivity contribution < 1.29 is 23.9 Å². The molecular weight excluding hydrogens is 474 g/mol. The minimum absolute atomic E-state index is 0.165. The van der Waals surface area contributed by atoms with Crippen LogP contribution in [0, 0.1) is 16.7 Å². The Balaban J connectivity index is 2.17. The van der Waals surface area contributed by atoms with Gasteiger partial charge in [0.05, 0.1) is 29.8 Å². The monoisotopic (exact) mass is 505 g/mol. The van der Waals surface area contributed by atoms with Gasteiger partial charge in [0.1, 0.15) is 18.1 Å². The highest BCUT2D eigenvalue weighted by molar-refractivity contribution is 6.33. The van der Waals surface area contributed by atoms with Gasteiger partial charge >= 0.3 is 5.97 Å². The van der Waals surface area contributed by atoms with E-state index in [2.05, 4.69) is 10.6 Å². The smallest absolute Gasteiger partial charge is 0.308 e. The lowest BCUT2D eigenvalue weighted by atomic mass is 9.85. The molecule has 0 radical (unpaired) electrons. The number of esters is 1. The minimum atomic E-state index is -1.08. The molecule has 3 amide bonds. The van der Waals surface area contributed by atoms with Gasteiger partial charge < -0.3 is 26.0 Å².